The van der Waals surface area contributed by atoms with Crippen molar-refractivity contribution in [1.82, 2.24) is 0 Å². The molecule has 0 atom stereocenters. The molecule has 0 heterocycles. The van der Waals surface area contributed by atoms with Gasteiger partial charge in [-0.05, 0) is 39.0 Å². The molecular weight excluding hydrogens is 292 g/mol. The molecule has 1 aromatic rings. The minimum absolute atomic E-state index is 0.00297. The highest BCUT2D eigenvalue weighted by molar-refractivity contribution is 6.33. The Kier molecular flexibility index (Phi) is 5.74. The van der Waals surface area contributed by atoms with Gasteiger partial charge >= 0.3 is 5.97 Å². The Bertz CT molecular complexity index is 586. The van der Waals surface area contributed by atoms with Crippen LogP contribution in [-0.2, 0) is 14.3 Å². The van der Waals surface area contributed by atoms with Crippen molar-refractivity contribution in [3.8, 4) is 6.07 Å². The molecule has 5 nitrogen and oxygen atoms in total. The number of ether oxygens (including phenoxy) is 1. The number of carbonyl (C=O) groups is 2. The summed E-state index contributed by atoms with van der Waals surface area (Å²) in [6.45, 7) is 5.30. The third-order valence-corrected chi connectivity index (χ3v) is 2.66. The van der Waals surface area contributed by atoms with E-state index in [0.29, 0.717) is 11.3 Å². The van der Waals surface area contributed by atoms with Crippen molar-refractivity contribution in [2.24, 2.45) is 0 Å². The Morgan fingerprint density at radius 1 is 1.33 bits per heavy atom. The second kappa shape index (κ2) is 7.09. The van der Waals surface area contributed by atoms with Crippen LogP contribution in [0.4, 0.5) is 5.69 Å². The van der Waals surface area contributed by atoms with E-state index in [0.717, 1.165) is 0 Å². The summed E-state index contributed by atoms with van der Waals surface area (Å²) >= 11 is 5.94. The first kappa shape index (κ1) is 17.0. The van der Waals surface area contributed by atoms with E-state index >= 15 is 0 Å². The summed E-state index contributed by atoms with van der Waals surface area (Å²) in [5.41, 5.74) is 0.251. The maximum Gasteiger partial charge on any atom is 0.306 e. The number of esters is 1. The van der Waals surface area contributed by atoms with E-state index < -0.39 is 11.6 Å². The molecule has 1 rings (SSSR count). The number of benzene rings is 1. The summed E-state index contributed by atoms with van der Waals surface area (Å²) < 4.78 is 5.11. The Hall–Kier alpha value is -2.06. The maximum absolute atomic E-state index is 11.7. The van der Waals surface area contributed by atoms with Gasteiger partial charge in [-0.25, -0.2) is 0 Å². The summed E-state index contributed by atoms with van der Waals surface area (Å²) in [5, 5.41) is 11.6. The molecule has 112 valence electrons. The molecule has 0 radical (unpaired) electrons. The highest BCUT2D eigenvalue weighted by atomic mass is 35.5. The van der Waals surface area contributed by atoms with Crippen molar-refractivity contribution in [2.75, 3.05) is 5.32 Å². The van der Waals surface area contributed by atoms with Crippen LogP contribution in [0.3, 0.4) is 0 Å². The molecule has 1 aromatic carbocycles. The van der Waals surface area contributed by atoms with Crippen LogP contribution in [0, 0.1) is 11.3 Å². The number of amides is 1. The molecule has 0 saturated heterocycles. The van der Waals surface area contributed by atoms with Crippen molar-refractivity contribution in [1.29, 1.82) is 5.26 Å². The quantitative estimate of drug-likeness (QED) is 0.866. The van der Waals surface area contributed by atoms with Crippen LogP contribution in [0.25, 0.3) is 0 Å². The normalized spacial score (nSPS) is 10.6. The number of nitriles is 1. The molecule has 0 saturated carbocycles. The van der Waals surface area contributed by atoms with Crippen LogP contribution >= 0.6 is 11.6 Å². The Labute approximate surface area is 128 Å². The molecule has 0 spiro atoms. The van der Waals surface area contributed by atoms with Gasteiger partial charge < -0.3 is 10.1 Å². The molecule has 1 N–H and O–H groups in total. The van der Waals surface area contributed by atoms with Gasteiger partial charge in [-0.15, -0.1) is 0 Å². The molecule has 21 heavy (non-hydrogen) atoms. The van der Waals surface area contributed by atoms with Gasteiger partial charge in [0.25, 0.3) is 0 Å². The number of nitrogens with one attached hydrogen (secondary N) is 1. The topological polar surface area (TPSA) is 79.2 Å². The van der Waals surface area contributed by atoms with Crippen LogP contribution in [0.1, 0.15) is 39.2 Å². The van der Waals surface area contributed by atoms with E-state index in [1.165, 1.54) is 6.07 Å². The number of hydrogen-bond acceptors (Lipinski definition) is 4. The van der Waals surface area contributed by atoms with Gasteiger partial charge in [-0.3, -0.25) is 9.59 Å². The van der Waals surface area contributed by atoms with Gasteiger partial charge in [0, 0.05) is 6.42 Å². The van der Waals surface area contributed by atoms with Crippen LogP contribution in [0.2, 0.25) is 5.02 Å². The molecule has 0 aliphatic carbocycles. The van der Waals surface area contributed by atoms with Crippen LogP contribution in [0.5, 0.6) is 0 Å². The van der Waals surface area contributed by atoms with E-state index in [2.05, 4.69) is 5.32 Å². The minimum Gasteiger partial charge on any atom is -0.460 e. The van der Waals surface area contributed by atoms with Crippen molar-refractivity contribution in [2.45, 2.75) is 39.2 Å². The maximum atomic E-state index is 11.7. The Morgan fingerprint density at radius 2 is 2.00 bits per heavy atom. The lowest BCUT2D eigenvalue weighted by Gasteiger charge is -2.19. The molecule has 0 aliphatic heterocycles. The van der Waals surface area contributed by atoms with E-state index in [1.54, 1.807) is 32.9 Å². The van der Waals surface area contributed by atoms with Crippen LogP contribution in [0.15, 0.2) is 18.2 Å². The van der Waals surface area contributed by atoms with E-state index in [9.17, 15) is 9.59 Å². The number of hydrogen-bond donors (Lipinski definition) is 1. The fourth-order valence-corrected chi connectivity index (χ4v) is 1.73. The third kappa shape index (κ3) is 6.28. The van der Waals surface area contributed by atoms with Crippen molar-refractivity contribution < 1.29 is 14.3 Å². The highest BCUT2D eigenvalue weighted by Crippen LogP contribution is 2.23. The summed E-state index contributed by atoms with van der Waals surface area (Å²) in [4.78, 5) is 23.2. The van der Waals surface area contributed by atoms with Crippen molar-refractivity contribution >= 4 is 29.2 Å². The number of halogens is 1. The molecular formula is C15H17ClN2O3. The van der Waals surface area contributed by atoms with Gasteiger partial charge in [-0.1, -0.05) is 11.6 Å². The molecule has 0 aromatic heterocycles. The Balaban J connectivity index is 2.51. The van der Waals surface area contributed by atoms with Gasteiger partial charge in [0.1, 0.15) is 5.60 Å². The van der Waals surface area contributed by atoms with Gasteiger partial charge in [-0.2, -0.15) is 5.26 Å². The zero-order valence-corrected chi connectivity index (χ0v) is 13.0. The van der Waals surface area contributed by atoms with Crippen molar-refractivity contribution in [3.63, 3.8) is 0 Å². The summed E-state index contributed by atoms with van der Waals surface area (Å²) in [5.74, 6) is -0.768. The van der Waals surface area contributed by atoms with Crippen LogP contribution < -0.4 is 5.32 Å². The first-order valence-corrected chi connectivity index (χ1v) is 6.80. The summed E-state index contributed by atoms with van der Waals surface area (Å²) in [7, 11) is 0. The van der Waals surface area contributed by atoms with Crippen molar-refractivity contribution in [3.05, 3.63) is 28.8 Å². The molecule has 0 aliphatic rings. The van der Waals surface area contributed by atoms with E-state index in [4.69, 9.17) is 21.6 Å². The van der Waals surface area contributed by atoms with Gasteiger partial charge in [0.2, 0.25) is 5.91 Å². The molecule has 0 bridgehead atoms. The third-order valence-electron chi connectivity index (χ3n) is 2.35. The van der Waals surface area contributed by atoms with Crippen LogP contribution in [-0.4, -0.2) is 17.5 Å². The lowest BCUT2D eigenvalue weighted by atomic mass is 10.2. The Morgan fingerprint density at radius 3 is 2.52 bits per heavy atom. The standard InChI is InChI=1S/C15H17ClN2O3/c1-15(2,3)21-14(20)7-6-13(19)18-12-5-4-10(9-17)8-11(12)16/h4-5,8H,6-7H2,1-3H3,(H,18,19). The summed E-state index contributed by atoms with van der Waals surface area (Å²) in [6.07, 6.45) is 0.00223. The molecule has 6 heteroatoms. The fraction of sp³-hybridized carbons (Fsp3) is 0.400. The van der Waals surface area contributed by atoms with Gasteiger partial charge in [0.05, 0.1) is 28.8 Å². The number of rotatable bonds is 4. The predicted octanol–water partition coefficient (Wildman–Crippen LogP) is 3.27. The average molecular weight is 309 g/mol. The predicted molar refractivity (Wildman–Crippen MR) is 79.9 cm³/mol. The lowest BCUT2D eigenvalue weighted by molar-refractivity contribution is -0.155. The molecule has 0 unspecified atom stereocenters. The van der Waals surface area contributed by atoms with Gasteiger partial charge in [0.15, 0.2) is 0 Å². The lowest BCUT2D eigenvalue weighted by Crippen LogP contribution is -2.24. The number of anilines is 1. The zero-order valence-electron chi connectivity index (χ0n) is 12.2. The van der Waals surface area contributed by atoms with E-state index in [-0.39, 0.29) is 23.8 Å². The highest BCUT2D eigenvalue weighted by Gasteiger charge is 2.17. The molecule has 1 amide bonds. The minimum atomic E-state index is -0.565. The SMILES string of the molecule is CC(C)(C)OC(=O)CCC(=O)Nc1ccc(C#N)cc1Cl. The van der Waals surface area contributed by atoms with E-state index in [1.807, 2.05) is 6.07 Å². The molecule has 0 fully saturated rings. The second-order valence-corrected chi connectivity index (χ2v) is 5.85. The first-order valence-electron chi connectivity index (χ1n) is 6.42. The fourth-order valence-electron chi connectivity index (χ4n) is 1.51. The summed E-state index contributed by atoms with van der Waals surface area (Å²) in [6, 6.07) is 6.51. The largest absolute Gasteiger partial charge is 0.460 e. The zero-order chi connectivity index (χ0) is 16.0. The first-order chi connectivity index (χ1) is 9.71. The average Bonchev–Trinajstić information content (AvgIpc) is 2.37. The number of carbonyl (C=O) groups excluding carboxylic acids is 2. The number of nitrogens with zero attached hydrogens (tertiary/aromatic N) is 1. The second-order valence-electron chi connectivity index (χ2n) is 5.44. The smallest absolute Gasteiger partial charge is 0.306 e. The monoisotopic (exact) mass is 308 g/mol.